The number of carbonyl (C=O) groups is 1. The summed E-state index contributed by atoms with van der Waals surface area (Å²) >= 11 is 12.0. The highest BCUT2D eigenvalue weighted by molar-refractivity contribution is 7.89. The van der Waals surface area contributed by atoms with Gasteiger partial charge in [0.1, 0.15) is 0 Å². The van der Waals surface area contributed by atoms with Crippen molar-refractivity contribution < 1.29 is 13.2 Å². The molecule has 0 saturated heterocycles. The first-order valence-electron chi connectivity index (χ1n) is 9.50. The minimum absolute atomic E-state index is 0.0717. The molecule has 0 spiro atoms. The average Bonchev–Trinajstić information content (AvgIpc) is 2.76. The highest BCUT2D eigenvalue weighted by Crippen LogP contribution is 2.25. The Morgan fingerprint density at radius 2 is 1.75 bits per heavy atom. The summed E-state index contributed by atoms with van der Waals surface area (Å²) in [6.45, 7) is 1.33. The van der Waals surface area contributed by atoms with Gasteiger partial charge in [-0.2, -0.15) is 9.57 Å². The maximum atomic E-state index is 13.3. The molecule has 0 aliphatic rings. The molecule has 0 aliphatic heterocycles. The number of nitrogens with one attached hydrogen (secondary N) is 1. The second kappa shape index (κ2) is 10.2. The maximum absolute atomic E-state index is 13.3. The van der Waals surface area contributed by atoms with Crippen LogP contribution in [0.25, 0.3) is 0 Å². The number of halogens is 2. The summed E-state index contributed by atoms with van der Waals surface area (Å²) < 4.78 is 27.7. The molecule has 6 nitrogen and oxygen atoms in total. The zero-order valence-electron chi connectivity index (χ0n) is 17.0. The first-order chi connectivity index (χ1) is 15.2. The van der Waals surface area contributed by atoms with Crippen LogP contribution in [0.5, 0.6) is 0 Å². The van der Waals surface area contributed by atoms with Gasteiger partial charge in [-0.05, 0) is 55.0 Å². The first kappa shape index (κ1) is 23.8. The molecule has 3 aromatic carbocycles. The summed E-state index contributed by atoms with van der Waals surface area (Å²) in [5.74, 6) is -0.546. The Bertz CT molecular complexity index is 1290. The number of amides is 1. The van der Waals surface area contributed by atoms with E-state index < -0.39 is 22.5 Å². The smallest absolute Gasteiger partial charge is 0.243 e. The maximum Gasteiger partial charge on any atom is 0.243 e. The van der Waals surface area contributed by atoms with E-state index in [9.17, 15) is 13.2 Å². The second-order valence-corrected chi connectivity index (χ2v) is 9.83. The van der Waals surface area contributed by atoms with Crippen LogP contribution in [0.1, 0.15) is 16.7 Å². The normalized spacial score (nSPS) is 11.2. The third-order valence-electron chi connectivity index (χ3n) is 4.60. The lowest BCUT2D eigenvalue weighted by molar-refractivity contribution is -0.116. The van der Waals surface area contributed by atoms with E-state index >= 15 is 0 Å². The number of carbonyl (C=O) groups excluding carboxylic acids is 1. The van der Waals surface area contributed by atoms with Gasteiger partial charge in [-0.15, -0.1) is 0 Å². The van der Waals surface area contributed by atoms with Gasteiger partial charge < -0.3 is 5.32 Å². The third kappa shape index (κ3) is 5.87. The van der Waals surface area contributed by atoms with E-state index in [1.165, 1.54) is 18.2 Å². The number of hydrogen-bond donors (Lipinski definition) is 1. The van der Waals surface area contributed by atoms with E-state index in [1.54, 1.807) is 48.5 Å². The number of sulfonamides is 1. The zero-order chi connectivity index (χ0) is 23.3. The van der Waals surface area contributed by atoms with Crippen molar-refractivity contribution in [2.75, 3.05) is 11.9 Å². The predicted octanol–water partition coefficient (Wildman–Crippen LogP) is 5.00. The molecular weight excluding hydrogens is 469 g/mol. The van der Waals surface area contributed by atoms with E-state index in [0.29, 0.717) is 21.8 Å². The lowest BCUT2D eigenvalue weighted by atomic mass is 10.2. The molecule has 0 heterocycles. The van der Waals surface area contributed by atoms with Gasteiger partial charge in [0, 0.05) is 12.2 Å². The summed E-state index contributed by atoms with van der Waals surface area (Å²) in [5.41, 5.74) is 2.27. The van der Waals surface area contributed by atoms with Crippen LogP contribution < -0.4 is 5.32 Å². The molecule has 1 amide bonds. The van der Waals surface area contributed by atoms with Crippen LogP contribution in [0.4, 0.5) is 5.69 Å². The van der Waals surface area contributed by atoms with Gasteiger partial charge in [-0.3, -0.25) is 4.79 Å². The van der Waals surface area contributed by atoms with Crippen molar-refractivity contribution >= 4 is 44.8 Å². The van der Waals surface area contributed by atoms with Gasteiger partial charge in [0.2, 0.25) is 15.9 Å². The van der Waals surface area contributed by atoms with E-state index in [2.05, 4.69) is 5.32 Å². The van der Waals surface area contributed by atoms with Crippen molar-refractivity contribution in [1.29, 1.82) is 5.26 Å². The quantitative estimate of drug-likeness (QED) is 0.507. The Kier molecular flexibility index (Phi) is 7.54. The lowest BCUT2D eigenvalue weighted by Crippen LogP contribution is -2.37. The fourth-order valence-electron chi connectivity index (χ4n) is 2.95. The SMILES string of the molecule is Cc1ccc(S(=O)(=O)N(CC(=O)Nc2cccc(C#N)c2)Cc2ccc(Cl)c(Cl)c2)cc1. The van der Waals surface area contributed by atoms with Crippen LogP contribution in [-0.4, -0.2) is 25.2 Å². The molecule has 3 aromatic rings. The van der Waals surface area contributed by atoms with Gasteiger partial charge in [0.05, 0.1) is 33.1 Å². The minimum atomic E-state index is -4.00. The molecule has 32 heavy (non-hydrogen) atoms. The topological polar surface area (TPSA) is 90.3 Å². The average molecular weight is 488 g/mol. The van der Waals surface area contributed by atoms with Crippen molar-refractivity contribution in [2.45, 2.75) is 18.4 Å². The predicted molar refractivity (Wildman–Crippen MR) is 125 cm³/mol. The van der Waals surface area contributed by atoms with Gasteiger partial charge in [-0.1, -0.05) is 53.0 Å². The molecule has 0 fully saturated rings. The number of hydrogen-bond acceptors (Lipinski definition) is 4. The molecule has 164 valence electrons. The summed E-state index contributed by atoms with van der Waals surface area (Å²) in [6, 6.07) is 19.5. The largest absolute Gasteiger partial charge is 0.325 e. The van der Waals surface area contributed by atoms with Crippen molar-refractivity contribution in [3.8, 4) is 6.07 Å². The van der Waals surface area contributed by atoms with Crippen LogP contribution in [-0.2, 0) is 21.4 Å². The second-order valence-electron chi connectivity index (χ2n) is 7.08. The Balaban J connectivity index is 1.90. The number of rotatable bonds is 7. The summed E-state index contributed by atoms with van der Waals surface area (Å²) in [6.07, 6.45) is 0. The molecule has 0 saturated carbocycles. The Morgan fingerprint density at radius 1 is 1.03 bits per heavy atom. The molecule has 0 bridgehead atoms. The van der Waals surface area contributed by atoms with Crippen molar-refractivity contribution in [3.05, 3.63) is 93.5 Å². The van der Waals surface area contributed by atoms with Crippen molar-refractivity contribution in [3.63, 3.8) is 0 Å². The third-order valence-corrected chi connectivity index (χ3v) is 7.14. The Hall–Kier alpha value is -2.89. The molecule has 0 aromatic heterocycles. The molecule has 1 N–H and O–H groups in total. The van der Waals surface area contributed by atoms with Gasteiger partial charge >= 0.3 is 0 Å². The number of benzene rings is 3. The molecule has 0 atom stereocenters. The van der Waals surface area contributed by atoms with Gasteiger partial charge in [0.25, 0.3) is 0 Å². The summed E-state index contributed by atoms with van der Waals surface area (Å²) in [5, 5.41) is 12.3. The summed E-state index contributed by atoms with van der Waals surface area (Å²) in [4.78, 5) is 12.8. The van der Waals surface area contributed by atoms with Crippen molar-refractivity contribution in [1.82, 2.24) is 4.31 Å². The highest BCUT2D eigenvalue weighted by Gasteiger charge is 2.27. The van der Waals surface area contributed by atoms with E-state index in [-0.39, 0.29) is 16.5 Å². The van der Waals surface area contributed by atoms with Gasteiger partial charge in [0.15, 0.2) is 0 Å². The minimum Gasteiger partial charge on any atom is -0.325 e. The molecular formula is C23H19Cl2N3O3S. The van der Waals surface area contributed by atoms with E-state index in [0.717, 1.165) is 9.87 Å². The van der Waals surface area contributed by atoms with Gasteiger partial charge in [-0.25, -0.2) is 8.42 Å². The molecule has 3 rings (SSSR count). The summed E-state index contributed by atoms with van der Waals surface area (Å²) in [7, 11) is -4.00. The molecule has 0 unspecified atom stereocenters. The van der Waals surface area contributed by atoms with Crippen LogP contribution in [0.2, 0.25) is 10.0 Å². The molecule has 9 heteroatoms. The Labute approximate surface area is 197 Å². The molecule has 0 radical (unpaired) electrons. The monoisotopic (exact) mass is 487 g/mol. The fraction of sp³-hybridized carbons (Fsp3) is 0.130. The fourth-order valence-corrected chi connectivity index (χ4v) is 4.66. The Morgan fingerprint density at radius 3 is 2.41 bits per heavy atom. The highest BCUT2D eigenvalue weighted by atomic mass is 35.5. The van der Waals surface area contributed by atoms with E-state index in [4.69, 9.17) is 28.5 Å². The van der Waals surface area contributed by atoms with E-state index in [1.807, 2.05) is 13.0 Å². The van der Waals surface area contributed by atoms with Crippen LogP contribution >= 0.6 is 23.2 Å². The number of anilines is 1. The number of nitrogens with zero attached hydrogens (tertiary/aromatic N) is 2. The number of nitriles is 1. The first-order valence-corrected chi connectivity index (χ1v) is 11.7. The van der Waals surface area contributed by atoms with Crippen LogP contribution in [0, 0.1) is 18.3 Å². The molecule has 0 aliphatic carbocycles. The zero-order valence-corrected chi connectivity index (χ0v) is 19.4. The van der Waals surface area contributed by atoms with Crippen molar-refractivity contribution in [2.24, 2.45) is 0 Å². The van der Waals surface area contributed by atoms with Crippen LogP contribution in [0.15, 0.2) is 71.6 Å². The lowest BCUT2D eigenvalue weighted by Gasteiger charge is -2.22. The number of aryl methyl sites for hydroxylation is 1. The standard InChI is InChI=1S/C23H19Cl2N3O3S/c1-16-5-8-20(9-6-16)32(30,31)28(14-18-7-10-21(24)22(25)12-18)15-23(29)27-19-4-2-3-17(11-19)13-26/h2-12H,14-15H2,1H3,(H,27,29). The van der Waals surface area contributed by atoms with Crippen LogP contribution in [0.3, 0.4) is 0 Å².